The van der Waals surface area contributed by atoms with Crippen LogP contribution in [-0.4, -0.2) is 30.5 Å². The minimum atomic E-state index is -0.159. The van der Waals surface area contributed by atoms with Crippen molar-refractivity contribution >= 4 is 16.8 Å². The van der Waals surface area contributed by atoms with Crippen LogP contribution in [0.5, 0.6) is 0 Å². The number of rotatable bonds is 4. The lowest BCUT2D eigenvalue weighted by Gasteiger charge is -2.15. The summed E-state index contributed by atoms with van der Waals surface area (Å²) in [5.74, 6) is -0.141. The van der Waals surface area contributed by atoms with Gasteiger partial charge in [0.05, 0.1) is 34.2 Å². The Morgan fingerprint density at radius 1 is 1.18 bits per heavy atom. The van der Waals surface area contributed by atoms with Gasteiger partial charge in [0.2, 0.25) is 0 Å². The molecule has 142 valence electrons. The highest BCUT2D eigenvalue weighted by atomic mass is 16.1. The SMILES string of the molecule is Cc1nn(C)cc1[C@H](C)NC(=O)c1cc(-c2ccnn2C)nc2ccccc12. The monoisotopic (exact) mass is 374 g/mol. The number of hydrogen-bond acceptors (Lipinski definition) is 4. The van der Waals surface area contributed by atoms with Gasteiger partial charge in [-0.2, -0.15) is 10.2 Å². The van der Waals surface area contributed by atoms with E-state index in [4.69, 9.17) is 4.98 Å². The second kappa shape index (κ2) is 6.92. The number of nitrogens with zero attached hydrogens (tertiary/aromatic N) is 5. The van der Waals surface area contributed by atoms with Gasteiger partial charge in [0.25, 0.3) is 5.91 Å². The van der Waals surface area contributed by atoms with Gasteiger partial charge in [0.1, 0.15) is 0 Å². The maximum atomic E-state index is 13.2. The number of pyridine rings is 1. The van der Waals surface area contributed by atoms with Crippen molar-refractivity contribution in [1.82, 2.24) is 29.9 Å². The van der Waals surface area contributed by atoms with Crippen LogP contribution >= 0.6 is 0 Å². The fraction of sp³-hybridized carbons (Fsp3) is 0.238. The van der Waals surface area contributed by atoms with E-state index in [1.165, 1.54) is 0 Å². The van der Waals surface area contributed by atoms with E-state index in [0.717, 1.165) is 27.9 Å². The van der Waals surface area contributed by atoms with E-state index in [1.807, 2.05) is 70.5 Å². The number of benzene rings is 1. The van der Waals surface area contributed by atoms with Crippen molar-refractivity contribution < 1.29 is 4.79 Å². The van der Waals surface area contributed by atoms with Crippen LogP contribution in [0, 0.1) is 6.92 Å². The zero-order valence-corrected chi connectivity index (χ0v) is 16.3. The smallest absolute Gasteiger partial charge is 0.252 e. The Morgan fingerprint density at radius 2 is 1.96 bits per heavy atom. The molecule has 0 spiro atoms. The Morgan fingerprint density at radius 3 is 2.64 bits per heavy atom. The van der Waals surface area contributed by atoms with Crippen molar-refractivity contribution in [2.45, 2.75) is 19.9 Å². The van der Waals surface area contributed by atoms with E-state index < -0.39 is 0 Å². The van der Waals surface area contributed by atoms with Gasteiger partial charge in [-0.1, -0.05) is 18.2 Å². The second-order valence-electron chi connectivity index (χ2n) is 6.95. The van der Waals surface area contributed by atoms with E-state index in [0.29, 0.717) is 11.3 Å². The number of nitrogens with one attached hydrogen (secondary N) is 1. The Balaban J connectivity index is 1.75. The summed E-state index contributed by atoms with van der Waals surface area (Å²) in [4.78, 5) is 17.9. The van der Waals surface area contributed by atoms with Crippen molar-refractivity contribution in [3.05, 3.63) is 65.6 Å². The Bertz CT molecular complexity index is 1170. The third-order valence-corrected chi connectivity index (χ3v) is 4.91. The number of fused-ring (bicyclic) bond motifs is 1. The van der Waals surface area contributed by atoms with E-state index >= 15 is 0 Å². The quantitative estimate of drug-likeness (QED) is 0.595. The fourth-order valence-electron chi connectivity index (χ4n) is 3.51. The van der Waals surface area contributed by atoms with Gasteiger partial charge in [-0.05, 0) is 32.0 Å². The van der Waals surface area contributed by atoms with E-state index in [9.17, 15) is 4.79 Å². The highest BCUT2D eigenvalue weighted by molar-refractivity contribution is 6.07. The first-order chi connectivity index (χ1) is 13.4. The Labute approximate surface area is 163 Å². The summed E-state index contributed by atoms with van der Waals surface area (Å²) in [6, 6.07) is 11.2. The average molecular weight is 374 g/mol. The third kappa shape index (κ3) is 3.15. The van der Waals surface area contributed by atoms with Gasteiger partial charge in [-0.15, -0.1) is 0 Å². The second-order valence-corrected chi connectivity index (χ2v) is 6.95. The molecule has 0 bridgehead atoms. The van der Waals surface area contributed by atoms with Gasteiger partial charge in [0.15, 0.2) is 0 Å². The molecular weight excluding hydrogens is 352 g/mol. The van der Waals surface area contributed by atoms with Crippen LogP contribution < -0.4 is 5.32 Å². The lowest BCUT2D eigenvalue weighted by atomic mass is 10.0. The van der Waals surface area contributed by atoms with Crippen molar-refractivity contribution in [1.29, 1.82) is 0 Å². The first kappa shape index (κ1) is 17.9. The molecular formula is C21H22N6O. The Hall–Kier alpha value is -3.48. The fourth-order valence-corrected chi connectivity index (χ4v) is 3.51. The molecule has 0 saturated heterocycles. The summed E-state index contributed by atoms with van der Waals surface area (Å²) in [7, 11) is 3.74. The molecule has 1 N–H and O–H groups in total. The first-order valence-electron chi connectivity index (χ1n) is 9.13. The topological polar surface area (TPSA) is 77.6 Å². The molecule has 4 rings (SSSR count). The zero-order chi connectivity index (χ0) is 19.8. The molecule has 7 nitrogen and oxygen atoms in total. The summed E-state index contributed by atoms with van der Waals surface area (Å²) in [6.45, 7) is 3.91. The average Bonchev–Trinajstić information content (AvgIpc) is 3.25. The van der Waals surface area contributed by atoms with Crippen molar-refractivity contribution in [3.8, 4) is 11.4 Å². The molecule has 1 aromatic carbocycles. The highest BCUT2D eigenvalue weighted by Crippen LogP contribution is 2.25. The number of carbonyl (C=O) groups excluding carboxylic acids is 1. The molecule has 7 heteroatoms. The van der Waals surface area contributed by atoms with E-state index in [1.54, 1.807) is 15.6 Å². The molecule has 0 fully saturated rings. The van der Waals surface area contributed by atoms with Crippen LogP contribution in [0.2, 0.25) is 0 Å². The standard InChI is InChI=1S/C21H22N6O/c1-13(17-12-26(3)25-14(17)2)23-21(28)16-11-19(20-9-10-22-27(20)4)24-18-8-6-5-7-15(16)18/h5-13H,1-4H3,(H,23,28)/t13-/m0/s1. The zero-order valence-electron chi connectivity index (χ0n) is 16.3. The predicted molar refractivity (Wildman–Crippen MR) is 108 cm³/mol. The molecule has 3 heterocycles. The van der Waals surface area contributed by atoms with Crippen LogP contribution in [0.3, 0.4) is 0 Å². The van der Waals surface area contributed by atoms with Gasteiger partial charge < -0.3 is 5.32 Å². The summed E-state index contributed by atoms with van der Waals surface area (Å²) >= 11 is 0. The largest absolute Gasteiger partial charge is 0.345 e. The minimum Gasteiger partial charge on any atom is -0.345 e. The van der Waals surface area contributed by atoms with Gasteiger partial charge >= 0.3 is 0 Å². The first-order valence-corrected chi connectivity index (χ1v) is 9.13. The Kier molecular flexibility index (Phi) is 4.43. The van der Waals surface area contributed by atoms with E-state index in [-0.39, 0.29) is 11.9 Å². The maximum Gasteiger partial charge on any atom is 0.252 e. The van der Waals surface area contributed by atoms with Crippen LogP contribution in [0.15, 0.2) is 48.8 Å². The van der Waals surface area contributed by atoms with Crippen molar-refractivity contribution in [3.63, 3.8) is 0 Å². The molecule has 0 radical (unpaired) electrons. The number of para-hydroxylation sites is 1. The summed E-state index contributed by atoms with van der Waals surface area (Å²) < 4.78 is 3.51. The number of hydrogen-bond donors (Lipinski definition) is 1. The maximum absolute atomic E-state index is 13.2. The summed E-state index contributed by atoms with van der Waals surface area (Å²) in [5.41, 5.74) is 4.85. The number of amides is 1. The highest BCUT2D eigenvalue weighted by Gasteiger charge is 2.19. The van der Waals surface area contributed by atoms with Crippen LogP contribution in [0.4, 0.5) is 0 Å². The molecule has 0 aliphatic rings. The van der Waals surface area contributed by atoms with Crippen LogP contribution in [0.1, 0.15) is 34.6 Å². The molecule has 3 aromatic heterocycles. The third-order valence-electron chi connectivity index (χ3n) is 4.91. The summed E-state index contributed by atoms with van der Waals surface area (Å²) in [6.07, 6.45) is 3.66. The number of aromatic nitrogens is 5. The lowest BCUT2D eigenvalue weighted by Crippen LogP contribution is -2.27. The molecule has 28 heavy (non-hydrogen) atoms. The predicted octanol–water partition coefficient (Wildman–Crippen LogP) is 3.17. The lowest BCUT2D eigenvalue weighted by molar-refractivity contribution is 0.0941. The van der Waals surface area contributed by atoms with E-state index in [2.05, 4.69) is 15.5 Å². The van der Waals surface area contributed by atoms with Gasteiger partial charge in [-0.3, -0.25) is 14.2 Å². The molecule has 4 aromatic rings. The molecule has 0 aliphatic heterocycles. The van der Waals surface area contributed by atoms with Gasteiger partial charge in [0, 0.05) is 37.4 Å². The minimum absolute atomic E-state index is 0.141. The summed E-state index contributed by atoms with van der Waals surface area (Å²) in [5, 5.41) is 12.5. The van der Waals surface area contributed by atoms with Crippen molar-refractivity contribution in [2.75, 3.05) is 0 Å². The molecule has 0 unspecified atom stereocenters. The normalized spacial score (nSPS) is 12.3. The van der Waals surface area contributed by atoms with Gasteiger partial charge in [-0.25, -0.2) is 4.98 Å². The van der Waals surface area contributed by atoms with Crippen LogP contribution in [-0.2, 0) is 14.1 Å². The number of carbonyl (C=O) groups is 1. The number of aryl methyl sites for hydroxylation is 3. The molecule has 0 saturated carbocycles. The molecule has 0 aliphatic carbocycles. The molecule has 1 amide bonds. The molecule has 1 atom stereocenters. The van der Waals surface area contributed by atoms with Crippen LogP contribution in [0.25, 0.3) is 22.3 Å². The van der Waals surface area contributed by atoms with Crippen molar-refractivity contribution in [2.24, 2.45) is 14.1 Å².